The number of hydrogen-bond acceptors (Lipinski definition) is 4. The van der Waals surface area contributed by atoms with Crippen LogP contribution in [0.3, 0.4) is 0 Å². The first kappa shape index (κ1) is 17.2. The fraction of sp³-hybridized carbons (Fsp3) is 1.00. The van der Waals surface area contributed by atoms with Gasteiger partial charge in [-0.3, -0.25) is 11.7 Å². The van der Waals surface area contributed by atoms with Crippen molar-refractivity contribution < 1.29 is 0 Å². The SMILES string of the molecule is CCC(CCCN)CCCN(C)C.NN. The number of hydrazine groups is 1. The van der Waals surface area contributed by atoms with E-state index in [0.717, 1.165) is 12.5 Å². The molecule has 1 atom stereocenters. The maximum atomic E-state index is 5.50. The molecule has 0 aromatic heterocycles. The third-order valence-corrected chi connectivity index (χ3v) is 2.61. The molecular formula is C11H30N4. The van der Waals surface area contributed by atoms with E-state index in [1.165, 1.54) is 38.6 Å². The third-order valence-electron chi connectivity index (χ3n) is 2.61. The van der Waals surface area contributed by atoms with Gasteiger partial charge in [0.15, 0.2) is 0 Å². The van der Waals surface area contributed by atoms with Crippen molar-refractivity contribution >= 4 is 0 Å². The summed E-state index contributed by atoms with van der Waals surface area (Å²) in [6.07, 6.45) is 6.53. The molecule has 0 rings (SSSR count). The van der Waals surface area contributed by atoms with Crippen molar-refractivity contribution in [2.45, 2.75) is 39.0 Å². The van der Waals surface area contributed by atoms with E-state index in [1.807, 2.05) is 0 Å². The number of nitrogens with zero attached hydrogens (tertiary/aromatic N) is 1. The minimum atomic E-state index is 0.851. The van der Waals surface area contributed by atoms with Crippen molar-refractivity contribution in [2.24, 2.45) is 23.3 Å². The lowest BCUT2D eigenvalue weighted by Crippen LogP contribution is -2.14. The van der Waals surface area contributed by atoms with Crippen LogP contribution in [0.5, 0.6) is 0 Å². The molecule has 0 aromatic rings. The Morgan fingerprint density at radius 3 is 2.00 bits per heavy atom. The van der Waals surface area contributed by atoms with Gasteiger partial charge in [0.05, 0.1) is 0 Å². The summed E-state index contributed by atoms with van der Waals surface area (Å²) in [7, 11) is 4.28. The van der Waals surface area contributed by atoms with E-state index in [9.17, 15) is 0 Å². The Balaban J connectivity index is 0. The largest absolute Gasteiger partial charge is 0.330 e. The molecule has 4 heteroatoms. The lowest BCUT2D eigenvalue weighted by molar-refractivity contribution is 0.349. The molecule has 0 heterocycles. The highest BCUT2D eigenvalue weighted by Gasteiger charge is 2.05. The summed E-state index contributed by atoms with van der Waals surface area (Å²) >= 11 is 0. The molecule has 0 saturated heterocycles. The molecule has 0 saturated carbocycles. The van der Waals surface area contributed by atoms with Gasteiger partial charge in [0.1, 0.15) is 0 Å². The Bertz CT molecular complexity index is 107. The van der Waals surface area contributed by atoms with Crippen molar-refractivity contribution in [2.75, 3.05) is 27.2 Å². The molecule has 0 aliphatic rings. The Kier molecular flexibility index (Phi) is 15.9. The second kappa shape index (κ2) is 13.8. The van der Waals surface area contributed by atoms with Crippen LogP contribution >= 0.6 is 0 Å². The fourth-order valence-electron chi connectivity index (χ4n) is 1.66. The quantitative estimate of drug-likeness (QED) is 0.418. The first-order valence-electron chi connectivity index (χ1n) is 5.88. The summed E-state index contributed by atoms with van der Waals surface area (Å²) in [4.78, 5) is 2.26. The lowest BCUT2D eigenvalue weighted by Gasteiger charge is -2.15. The molecular weight excluding hydrogens is 188 g/mol. The van der Waals surface area contributed by atoms with Crippen molar-refractivity contribution in [3.8, 4) is 0 Å². The van der Waals surface area contributed by atoms with Crippen molar-refractivity contribution in [1.82, 2.24) is 4.90 Å². The highest BCUT2D eigenvalue weighted by molar-refractivity contribution is 4.59. The van der Waals surface area contributed by atoms with Gasteiger partial charge in [0.2, 0.25) is 0 Å². The summed E-state index contributed by atoms with van der Waals surface area (Å²) < 4.78 is 0. The van der Waals surface area contributed by atoms with Crippen LogP contribution in [0, 0.1) is 5.92 Å². The molecule has 4 nitrogen and oxygen atoms in total. The Labute approximate surface area is 95.1 Å². The maximum Gasteiger partial charge on any atom is -0.00247 e. The van der Waals surface area contributed by atoms with Gasteiger partial charge in [-0.2, -0.15) is 0 Å². The van der Waals surface area contributed by atoms with Crippen LogP contribution in [0.2, 0.25) is 0 Å². The number of rotatable bonds is 8. The second-order valence-corrected chi connectivity index (χ2v) is 4.15. The summed E-state index contributed by atoms with van der Waals surface area (Å²) in [5.41, 5.74) is 5.50. The second-order valence-electron chi connectivity index (χ2n) is 4.15. The zero-order valence-corrected chi connectivity index (χ0v) is 10.7. The van der Waals surface area contributed by atoms with Crippen LogP contribution in [0.4, 0.5) is 0 Å². The predicted octanol–water partition coefficient (Wildman–Crippen LogP) is 0.912. The molecule has 94 valence electrons. The summed E-state index contributed by atoms with van der Waals surface area (Å²) in [5, 5.41) is 0. The van der Waals surface area contributed by atoms with Crippen LogP contribution in [0.1, 0.15) is 39.0 Å². The molecule has 0 spiro atoms. The Morgan fingerprint density at radius 1 is 1.07 bits per heavy atom. The van der Waals surface area contributed by atoms with Gasteiger partial charge in [-0.1, -0.05) is 13.3 Å². The van der Waals surface area contributed by atoms with E-state index in [2.05, 4.69) is 37.6 Å². The lowest BCUT2D eigenvalue weighted by atomic mass is 9.95. The fourth-order valence-corrected chi connectivity index (χ4v) is 1.66. The van der Waals surface area contributed by atoms with Crippen molar-refractivity contribution in [1.29, 1.82) is 0 Å². The van der Waals surface area contributed by atoms with Crippen molar-refractivity contribution in [3.63, 3.8) is 0 Å². The van der Waals surface area contributed by atoms with E-state index in [1.54, 1.807) is 0 Å². The molecule has 0 fully saturated rings. The molecule has 15 heavy (non-hydrogen) atoms. The summed E-state index contributed by atoms with van der Waals surface area (Å²) in [6.45, 7) is 4.36. The average molecular weight is 218 g/mol. The van der Waals surface area contributed by atoms with Gasteiger partial charge in [-0.15, -0.1) is 0 Å². The molecule has 0 aromatic carbocycles. The summed E-state index contributed by atoms with van der Waals surface area (Å²) in [5.74, 6) is 8.91. The highest BCUT2D eigenvalue weighted by Crippen LogP contribution is 2.16. The van der Waals surface area contributed by atoms with Gasteiger partial charge in [-0.25, -0.2) is 0 Å². The van der Waals surface area contributed by atoms with Gasteiger partial charge < -0.3 is 10.6 Å². The first-order valence-corrected chi connectivity index (χ1v) is 5.88. The molecule has 6 N–H and O–H groups in total. The minimum absolute atomic E-state index is 0.851. The van der Waals surface area contributed by atoms with Crippen LogP contribution in [-0.2, 0) is 0 Å². The van der Waals surface area contributed by atoms with Gasteiger partial charge in [-0.05, 0) is 58.8 Å². The molecule has 1 unspecified atom stereocenters. The summed E-state index contributed by atoms with van der Waals surface area (Å²) in [6, 6.07) is 0. The smallest absolute Gasteiger partial charge is 0.00247 e. The minimum Gasteiger partial charge on any atom is -0.330 e. The standard InChI is InChI=1S/C11H26N2.H4N2/c1-4-11(7-5-9-12)8-6-10-13(2)3;1-2/h11H,4-10,12H2,1-3H3;1-2H2. The molecule has 0 bridgehead atoms. The van der Waals surface area contributed by atoms with E-state index < -0.39 is 0 Å². The van der Waals surface area contributed by atoms with E-state index in [0.29, 0.717) is 0 Å². The van der Waals surface area contributed by atoms with Crippen LogP contribution in [-0.4, -0.2) is 32.1 Å². The van der Waals surface area contributed by atoms with E-state index in [4.69, 9.17) is 5.73 Å². The zero-order valence-electron chi connectivity index (χ0n) is 10.7. The van der Waals surface area contributed by atoms with Gasteiger partial charge >= 0.3 is 0 Å². The van der Waals surface area contributed by atoms with Crippen LogP contribution in [0.15, 0.2) is 0 Å². The van der Waals surface area contributed by atoms with Gasteiger partial charge in [0.25, 0.3) is 0 Å². The number of nitrogens with two attached hydrogens (primary N) is 3. The number of hydrogen-bond donors (Lipinski definition) is 3. The molecule has 0 amide bonds. The van der Waals surface area contributed by atoms with Crippen LogP contribution in [0.25, 0.3) is 0 Å². The monoisotopic (exact) mass is 218 g/mol. The third kappa shape index (κ3) is 13.8. The van der Waals surface area contributed by atoms with Crippen LogP contribution < -0.4 is 17.4 Å². The Hall–Kier alpha value is -0.160. The van der Waals surface area contributed by atoms with E-state index >= 15 is 0 Å². The first-order chi connectivity index (χ1) is 7.20. The van der Waals surface area contributed by atoms with E-state index in [-0.39, 0.29) is 0 Å². The van der Waals surface area contributed by atoms with Crippen molar-refractivity contribution in [3.05, 3.63) is 0 Å². The molecule has 0 aliphatic heterocycles. The zero-order chi connectivity index (χ0) is 12.1. The molecule has 0 radical (unpaired) electrons. The highest BCUT2D eigenvalue weighted by atomic mass is 15.0. The maximum absolute atomic E-state index is 5.50. The molecule has 0 aliphatic carbocycles. The van der Waals surface area contributed by atoms with Gasteiger partial charge in [0, 0.05) is 0 Å². The predicted molar refractivity (Wildman–Crippen MR) is 68.2 cm³/mol. The topological polar surface area (TPSA) is 81.3 Å². The Morgan fingerprint density at radius 2 is 1.60 bits per heavy atom. The average Bonchev–Trinajstić information content (AvgIpc) is 2.25. The normalized spacial score (nSPS) is 12.2.